The molecule has 6 spiro atoms. The van der Waals surface area contributed by atoms with E-state index in [9.17, 15) is 5.11 Å². The highest BCUT2D eigenvalue weighted by Gasteiger charge is 2.76. The Hall–Kier alpha value is -0.0400. The van der Waals surface area contributed by atoms with Crippen LogP contribution in [0, 0.1) is 37.9 Å². The van der Waals surface area contributed by atoms with E-state index in [4.69, 9.17) is 0 Å². The molecule has 0 aromatic carbocycles. The normalized spacial score (nSPS) is 40.8. The number of aliphatic hydroxyl groups is 1. The van der Waals surface area contributed by atoms with Crippen molar-refractivity contribution in [2.24, 2.45) is 37.9 Å². The van der Waals surface area contributed by atoms with E-state index in [2.05, 4.69) is 6.92 Å². The molecule has 7 saturated carbocycles. The predicted octanol–water partition coefficient (Wildman–Crippen LogP) is 6.24. The van der Waals surface area contributed by atoms with Crippen molar-refractivity contribution in [3.05, 3.63) is 0 Å². The zero-order chi connectivity index (χ0) is 17.5. The highest BCUT2D eigenvalue weighted by atomic mass is 16.3. The molecule has 0 aliphatic heterocycles. The minimum absolute atomic E-state index is 0.324. The van der Waals surface area contributed by atoms with E-state index >= 15 is 0 Å². The summed E-state index contributed by atoms with van der Waals surface area (Å²) in [5, 5.41) is 9.73. The van der Waals surface area contributed by atoms with E-state index in [1.807, 2.05) is 0 Å². The molecule has 7 aliphatic rings. The molecule has 0 bridgehead atoms. The molecule has 0 aromatic rings. The van der Waals surface area contributed by atoms with Crippen molar-refractivity contribution in [1.29, 1.82) is 0 Å². The van der Waals surface area contributed by atoms with Crippen LogP contribution in [0.15, 0.2) is 0 Å². The van der Waals surface area contributed by atoms with Crippen LogP contribution in [-0.4, -0.2) is 11.7 Å². The molecular formula is C25H38O. The van der Waals surface area contributed by atoms with Gasteiger partial charge in [-0.05, 0) is 134 Å². The summed E-state index contributed by atoms with van der Waals surface area (Å²) in [6.07, 6.45) is 24.6. The smallest absolute Gasteiger partial charge is 0.0487 e. The van der Waals surface area contributed by atoms with E-state index in [0.717, 1.165) is 27.1 Å². The minimum atomic E-state index is 0.324. The van der Waals surface area contributed by atoms with Gasteiger partial charge in [-0.1, -0.05) is 13.3 Å². The maximum atomic E-state index is 9.73. The van der Waals surface area contributed by atoms with Gasteiger partial charge in [-0.15, -0.1) is 0 Å². The Morgan fingerprint density at radius 1 is 0.538 bits per heavy atom. The second-order valence-electron chi connectivity index (χ2n) is 14.0. The van der Waals surface area contributed by atoms with Gasteiger partial charge in [0, 0.05) is 6.61 Å². The summed E-state index contributed by atoms with van der Waals surface area (Å²) in [4.78, 5) is 0. The van der Waals surface area contributed by atoms with Gasteiger partial charge in [0.05, 0.1) is 0 Å². The van der Waals surface area contributed by atoms with Gasteiger partial charge < -0.3 is 5.11 Å². The maximum absolute atomic E-state index is 9.73. The molecule has 1 nitrogen and oxygen atoms in total. The molecule has 7 rings (SSSR count). The largest absolute Gasteiger partial charge is 0.396 e. The molecule has 0 radical (unpaired) electrons. The molecule has 0 unspecified atom stereocenters. The number of hydrogen-bond donors (Lipinski definition) is 1. The molecule has 1 heteroatoms. The third kappa shape index (κ3) is 1.71. The summed E-state index contributed by atoms with van der Waals surface area (Å²) in [5.74, 6) is 0. The highest BCUT2D eigenvalue weighted by Crippen LogP contribution is 2.87. The summed E-state index contributed by atoms with van der Waals surface area (Å²) < 4.78 is 0. The van der Waals surface area contributed by atoms with Crippen LogP contribution in [0.25, 0.3) is 0 Å². The van der Waals surface area contributed by atoms with Crippen LogP contribution in [-0.2, 0) is 0 Å². The Morgan fingerprint density at radius 3 is 1.15 bits per heavy atom. The zero-order valence-electron chi connectivity index (χ0n) is 17.0. The van der Waals surface area contributed by atoms with E-state index < -0.39 is 0 Å². The lowest BCUT2D eigenvalue weighted by atomic mass is 9.23. The Bertz CT molecular complexity index is 628. The van der Waals surface area contributed by atoms with Crippen LogP contribution >= 0.6 is 0 Å². The lowest BCUT2D eigenvalue weighted by molar-refractivity contribution is -0.313. The van der Waals surface area contributed by atoms with Gasteiger partial charge >= 0.3 is 0 Å². The van der Waals surface area contributed by atoms with Gasteiger partial charge in [0.2, 0.25) is 0 Å². The third-order valence-electron chi connectivity index (χ3n) is 11.5. The summed E-state index contributed by atoms with van der Waals surface area (Å²) in [6, 6.07) is 0. The number of hydrogen-bond acceptors (Lipinski definition) is 1. The van der Waals surface area contributed by atoms with E-state index in [1.165, 1.54) is 38.5 Å². The third-order valence-corrected chi connectivity index (χ3v) is 11.5. The van der Waals surface area contributed by atoms with Crippen LogP contribution in [0.4, 0.5) is 0 Å². The van der Waals surface area contributed by atoms with Crippen LogP contribution < -0.4 is 0 Å². The highest BCUT2D eigenvalue weighted by molar-refractivity contribution is 5.27. The lowest BCUT2D eigenvalue weighted by Gasteiger charge is -2.81. The molecular weight excluding hydrogens is 316 g/mol. The first kappa shape index (κ1) is 15.8. The van der Waals surface area contributed by atoms with E-state index in [0.29, 0.717) is 17.4 Å². The van der Waals surface area contributed by atoms with Crippen molar-refractivity contribution in [2.45, 2.75) is 110 Å². The van der Waals surface area contributed by atoms with Gasteiger partial charge in [0.25, 0.3) is 0 Å². The van der Waals surface area contributed by atoms with Crippen molar-refractivity contribution in [3.63, 3.8) is 0 Å². The van der Waals surface area contributed by atoms with Gasteiger partial charge in [0.1, 0.15) is 0 Å². The quantitative estimate of drug-likeness (QED) is 0.622. The van der Waals surface area contributed by atoms with Crippen molar-refractivity contribution in [3.8, 4) is 0 Å². The maximum Gasteiger partial charge on any atom is 0.0487 e. The summed E-state index contributed by atoms with van der Waals surface area (Å²) in [5.41, 5.74) is 5.21. The average Bonchev–Trinajstić information content (AvgIpc) is 2.35. The molecule has 0 amide bonds. The van der Waals surface area contributed by atoms with Gasteiger partial charge in [-0.2, -0.15) is 0 Å². The van der Waals surface area contributed by atoms with Crippen LogP contribution in [0.2, 0.25) is 0 Å². The predicted molar refractivity (Wildman–Crippen MR) is 104 cm³/mol. The lowest BCUT2D eigenvalue weighted by Crippen LogP contribution is -2.71. The van der Waals surface area contributed by atoms with Crippen molar-refractivity contribution in [1.82, 2.24) is 0 Å². The summed E-state index contributed by atoms with van der Waals surface area (Å²) in [6.45, 7) is 2.72. The SMILES string of the molecule is CCC1(CO)CC2(C1)CC1(C2)CC2(C1)CC1(CC3(CC4(CCC4)C3)C1)C2. The molecule has 0 saturated heterocycles. The van der Waals surface area contributed by atoms with Gasteiger partial charge in [0.15, 0.2) is 0 Å². The first-order chi connectivity index (χ1) is 12.3. The average molecular weight is 355 g/mol. The molecule has 0 heterocycles. The topological polar surface area (TPSA) is 20.2 Å². The van der Waals surface area contributed by atoms with Crippen molar-refractivity contribution < 1.29 is 5.11 Å². The summed E-state index contributed by atoms with van der Waals surface area (Å²) in [7, 11) is 0. The summed E-state index contributed by atoms with van der Waals surface area (Å²) >= 11 is 0. The van der Waals surface area contributed by atoms with Crippen LogP contribution in [0.3, 0.4) is 0 Å². The monoisotopic (exact) mass is 354 g/mol. The molecule has 26 heavy (non-hydrogen) atoms. The Balaban J connectivity index is 0.915. The Morgan fingerprint density at radius 2 is 0.885 bits per heavy atom. The second kappa shape index (κ2) is 4.12. The van der Waals surface area contributed by atoms with Crippen molar-refractivity contribution in [2.75, 3.05) is 6.61 Å². The number of aliphatic hydroxyl groups excluding tert-OH is 1. The fourth-order valence-electron chi connectivity index (χ4n) is 12.0. The first-order valence-corrected chi connectivity index (χ1v) is 11.9. The molecule has 0 atom stereocenters. The van der Waals surface area contributed by atoms with Gasteiger partial charge in [-0.3, -0.25) is 0 Å². The van der Waals surface area contributed by atoms with E-state index in [-0.39, 0.29) is 0 Å². The zero-order valence-corrected chi connectivity index (χ0v) is 17.0. The standard InChI is InChI=1S/C25H38O/c1-2-19(18-26)6-21(7-19)10-23(11-21)14-25(15-23)16-24(17-25)12-22(13-24)8-20(9-22)4-3-5-20/h26H,2-18H2,1H3. The van der Waals surface area contributed by atoms with Crippen LogP contribution in [0.1, 0.15) is 110 Å². The fourth-order valence-corrected chi connectivity index (χ4v) is 12.0. The second-order valence-corrected chi connectivity index (χ2v) is 14.0. The Kier molecular flexibility index (Phi) is 2.51. The molecule has 7 fully saturated rings. The van der Waals surface area contributed by atoms with Crippen molar-refractivity contribution >= 4 is 0 Å². The van der Waals surface area contributed by atoms with Crippen LogP contribution in [0.5, 0.6) is 0 Å². The molecule has 144 valence electrons. The first-order valence-electron chi connectivity index (χ1n) is 11.9. The molecule has 7 aliphatic carbocycles. The van der Waals surface area contributed by atoms with Gasteiger partial charge in [-0.25, -0.2) is 0 Å². The van der Waals surface area contributed by atoms with E-state index in [1.54, 1.807) is 64.2 Å². The molecule has 1 N–H and O–H groups in total. The Labute approximate surface area is 159 Å². The number of rotatable bonds is 2. The fraction of sp³-hybridized carbons (Fsp3) is 1.00. The minimum Gasteiger partial charge on any atom is -0.396 e. The molecule has 0 aromatic heterocycles.